The van der Waals surface area contributed by atoms with Crippen LogP contribution in [-0.4, -0.2) is 28.1 Å². The number of benzene rings is 6. The topological polar surface area (TPSA) is 37.1 Å². The molecule has 0 spiro atoms. The summed E-state index contributed by atoms with van der Waals surface area (Å²) in [5.74, 6) is 0.871. The smallest absolute Gasteiger partial charge is 0.145 e. The van der Waals surface area contributed by atoms with Crippen molar-refractivity contribution in [3.8, 4) is 28.1 Å². The van der Waals surface area contributed by atoms with E-state index in [1.54, 1.807) is 0 Å². The first-order chi connectivity index (χ1) is 25.7. The molecule has 0 atom stereocenters. The van der Waals surface area contributed by atoms with Crippen LogP contribution in [0.1, 0.15) is 20.8 Å². The molecule has 1 N–H and O–H groups in total. The van der Waals surface area contributed by atoms with Gasteiger partial charge in [0.1, 0.15) is 22.7 Å². The van der Waals surface area contributed by atoms with Gasteiger partial charge in [0.15, 0.2) is 0 Å². The molecule has 54 heavy (non-hydrogen) atoms. The number of anilines is 3. The minimum atomic E-state index is -2.31. The van der Waals surface area contributed by atoms with Gasteiger partial charge in [-0.05, 0) is 78.7 Å². The van der Waals surface area contributed by atoms with Crippen molar-refractivity contribution in [2.75, 3.05) is 10.1 Å². The van der Waals surface area contributed by atoms with E-state index in [1.807, 2.05) is 11.3 Å². The van der Waals surface area contributed by atoms with E-state index >= 15 is 0 Å². The molecule has 8 aromatic rings. The van der Waals surface area contributed by atoms with Crippen LogP contribution in [0, 0.1) is 12.1 Å². The van der Waals surface area contributed by atoms with E-state index in [4.69, 9.17) is 9.92 Å². The third kappa shape index (κ3) is 6.09. The van der Waals surface area contributed by atoms with Gasteiger partial charge in [-0.2, -0.15) is 51.7 Å². The van der Waals surface area contributed by atoms with Gasteiger partial charge in [-0.15, -0.1) is 21.6 Å². The van der Waals surface area contributed by atoms with E-state index < -0.39 is 8.07 Å². The second-order valence-electron chi connectivity index (χ2n) is 15.2. The molecule has 0 aliphatic carbocycles. The Balaban J connectivity index is 0.00000413. The fourth-order valence-electron chi connectivity index (χ4n) is 7.58. The molecule has 2 aromatic heterocycles. The molecular weight excluding hydrogens is 860 g/mol. The van der Waals surface area contributed by atoms with Gasteiger partial charge < -0.3 is 4.57 Å². The molecule has 0 fully saturated rings. The Morgan fingerprint density at radius 3 is 2.06 bits per heavy atom. The summed E-state index contributed by atoms with van der Waals surface area (Å²) in [4.78, 5) is 10.1. The van der Waals surface area contributed by atoms with Crippen LogP contribution >= 0.6 is 0 Å². The van der Waals surface area contributed by atoms with E-state index in [0.29, 0.717) is 0 Å². The van der Waals surface area contributed by atoms with E-state index in [9.17, 15) is 0 Å². The SMILES string of the molecule is CC(C)(C)N1[OH+]N(c2[c-]c([Si](C)(C)c3[c-]c4c(cc3)c3ccccc3n4-c3cc(-c4ccccc4-c4ccccc4)ccn3)ccc2)c2ccccc21.[Pt]. The molecule has 1 aliphatic heterocycles. The number of pyridine rings is 1. The van der Waals surface area contributed by atoms with Crippen molar-refractivity contribution in [3.05, 3.63) is 164 Å². The van der Waals surface area contributed by atoms with Gasteiger partial charge in [0.25, 0.3) is 0 Å². The van der Waals surface area contributed by atoms with Crippen LogP contribution in [0.3, 0.4) is 0 Å². The van der Waals surface area contributed by atoms with E-state index in [-0.39, 0.29) is 26.6 Å². The summed E-state index contributed by atoms with van der Waals surface area (Å²) in [7, 11) is -2.31. The van der Waals surface area contributed by atoms with Crippen LogP contribution in [0.25, 0.3) is 49.9 Å². The quantitative estimate of drug-likeness (QED) is 0.0948. The summed E-state index contributed by atoms with van der Waals surface area (Å²) in [6.07, 6.45) is 1.93. The molecular formula is C47H41N4OPtSi-. The molecule has 0 unspecified atom stereocenters. The number of nitrogens with zero attached hydrogens (tertiary/aromatic N) is 4. The van der Waals surface area contributed by atoms with E-state index in [2.05, 4.69) is 201 Å². The molecule has 0 saturated heterocycles. The Hall–Kier alpha value is -5.26. The molecule has 9 rings (SSSR count). The zero-order chi connectivity index (χ0) is 36.3. The van der Waals surface area contributed by atoms with Crippen molar-refractivity contribution < 1.29 is 26.0 Å². The Kier molecular flexibility index (Phi) is 9.17. The summed E-state index contributed by atoms with van der Waals surface area (Å²) in [6, 6.07) is 59.4. The van der Waals surface area contributed by atoms with Crippen molar-refractivity contribution in [2.45, 2.75) is 39.4 Å². The van der Waals surface area contributed by atoms with Gasteiger partial charge >= 0.3 is 0 Å². The number of hydrogen-bond acceptors (Lipinski definition) is 3. The second-order valence-corrected chi connectivity index (χ2v) is 19.6. The maximum absolute atomic E-state index is 5.09. The van der Waals surface area contributed by atoms with Crippen molar-refractivity contribution in [1.29, 1.82) is 0 Å². The summed E-state index contributed by atoms with van der Waals surface area (Å²) >= 11 is 0. The molecule has 0 amide bonds. The van der Waals surface area contributed by atoms with Crippen LogP contribution in [0.2, 0.25) is 13.1 Å². The van der Waals surface area contributed by atoms with Crippen LogP contribution in [0.5, 0.6) is 0 Å². The molecule has 0 saturated carbocycles. The zero-order valence-corrected chi connectivity index (χ0v) is 34.3. The molecule has 6 aromatic carbocycles. The number of hydrogen-bond donors (Lipinski definition) is 0. The maximum atomic E-state index is 5.09. The first kappa shape index (κ1) is 35.7. The number of aromatic nitrogens is 2. The number of para-hydroxylation sites is 3. The van der Waals surface area contributed by atoms with Crippen molar-refractivity contribution in [3.63, 3.8) is 0 Å². The van der Waals surface area contributed by atoms with Crippen LogP contribution in [0.4, 0.5) is 17.1 Å². The Bertz CT molecular complexity index is 2650. The molecule has 5 nitrogen and oxygen atoms in total. The number of fused-ring (bicyclic) bond motifs is 4. The van der Waals surface area contributed by atoms with Crippen LogP contribution in [-0.2, 0) is 21.1 Å². The number of hydroxylamine groups is 1. The molecule has 1 aliphatic rings. The monoisotopic (exact) mass is 900 g/mol. The zero-order valence-electron chi connectivity index (χ0n) is 31.0. The normalized spacial score (nSPS) is 13.0. The summed E-state index contributed by atoms with van der Waals surface area (Å²) in [5.41, 5.74) is 9.77. The number of rotatable bonds is 6. The van der Waals surface area contributed by atoms with Gasteiger partial charge in [0.05, 0.1) is 8.07 Å². The third-order valence-corrected chi connectivity index (χ3v) is 13.7. The largest absolute Gasteiger partial charge is 0.319 e. The standard InChI is InChI=1S/C47H40N4OSi.Pt/c1-47(2,3)51-44-25-14-13-24-43(44)50(52-51)35-18-15-19-36(31-35)53(4,5)37-26-27-41-40-22-11-12-23-42(40)49(45(41)32-37)46-30-34(28-29-48-46)39-21-10-9-20-38(39)33-16-7-6-8-17-33;/h6-30H,1-5H3;/q-2;/p+1. The van der Waals surface area contributed by atoms with Crippen molar-refractivity contribution in [1.82, 2.24) is 9.55 Å². The minimum Gasteiger partial charge on any atom is -0.319 e. The van der Waals surface area contributed by atoms with E-state index in [0.717, 1.165) is 39.5 Å². The van der Waals surface area contributed by atoms with Gasteiger partial charge in [0, 0.05) is 38.5 Å². The Morgan fingerprint density at radius 1 is 0.611 bits per heavy atom. The fourth-order valence-corrected chi connectivity index (χ4v) is 9.75. The molecule has 0 bridgehead atoms. The minimum absolute atomic E-state index is 0. The summed E-state index contributed by atoms with van der Waals surface area (Å²) in [6.45, 7) is 11.3. The summed E-state index contributed by atoms with van der Waals surface area (Å²) in [5, 5.41) is 8.91. The fraction of sp³-hybridized carbons (Fsp3) is 0.128. The molecule has 270 valence electrons. The van der Waals surface area contributed by atoms with Gasteiger partial charge in [-0.25, -0.2) is 4.98 Å². The predicted octanol–water partition coefficient (Wildman–Crippen LogP) is 10.5. The first-order valence-corrected chi connectivity index (χ1v) is 21.2. The van der Waals surface area contributed by atoms with Gasteiger partial charge in [-0.1, -0.05) is 104 Å². The Labute approximate surface area is 332 Å². The average Bonchev–Trinajstić information content (AvgIpc) is 3.75. The Morgan fingerprint density at radius 2 is 1.28 bits per heavy atom. The van der Waals surface area contributed by atoms with Crippen molar-refractivity contribution >= 4 is 57.3 Å². The predicted molar refractivity (Wildman–Crippen MR) is 223 cm³/mol. The van der Waals surface area contributed by atoms with Crippen molar-refractivity contribution in [2.24, 2.45) is 0 Å². The maximum Gasteiger partial charge on any atom is 0.145 e. The average molecular weight is 901 g/mol. The second kappa shape index (κ2) is 13.9. The van der Waals surface area contributed by atoms with E-state index in [1.165, 1.54) is 37.8 Å². The van der Waals surface area contributed by atoms with Crippen LogP contribution < -0.4 is 20.5 Å². The summed E-state index contributed by atoms with van der Waals surface area (Å²) < 4.78 is 2.29. The first-order valence-electron chi connectivity index (χ1n) is 18.2. The van der Waals surface area contributed by atoms with Gasteiger partial charge in [0.2, 0.25) is 0 Å². The van der Waals surface area contributed by atoms with Gasteiger partial charge in [-0.3, -0.25) is 0 Å². The third-order valence-electron chi connectivity index (χ3n) is 10.4. The molecule has 3 heterocycles. The molecule has 0 radical (unpaired) electrons. The molecule has 7 heteroatoms. The van der Waals surface area contributed by atoms with Crippen LogP contribution in [0.15, 0.2) is 152 Å².